The first-order valence-electron chi connectivity index (χ1n) is 8.40. The van der Waals surface area contributed by atoms with Gasteiger partial charge >= 0.3 is 5.97 Å². The quantitative estimate of drug-likeness (QED) is 0.390. The Kier molecular flexibility index (Phi) is 6.13. The molecule has 2 aromatic carbocycles. The molecule has 0 aliphatic carbocycles. The lowest BCUT2D eigenvalue weighted by Gasteiger charge is -2.14. The van der Waals surface area contributed by atoms with E-state index < -0.39 is 17.6 Å². The van der Waals surface area contributed by atoms with Crippen molar-refractivity contribution in [3.05, 3.63) is 95.6 Å². The molecule has 0 aliphatic heterocycles. The molecule has 1 heterocycles. The SMILES string of the molecule is C=C(c1cccc(C(=O)OC)c1)n1cc(Sc2ccc(F)cc2F)cc/c1=N/N. The average Bonchev–Trinajstić information content (AvgIpc) is 2.74. The molecule has 2 N–H and O–H groups in total. The zero-order valence-electron chi connectivity index (χ0n) is 15.4. The second-order valence-electron chi connectivity index (χ2n) is 5.92. The second kappa shape index (κ2) is 8.74. The van der Waals surface area contributed by atoms with Crippen LogP contribution in [-0.4, -0.2) is 17.6 Å². The summed E-state index contributed by atoms with van der Waals surface area (Å²) in [7, 11) is 1.30. The predicted octanol–water partition coefficient (Wildman–Crippen LogP) is 4.00. The third-order valence-corrected chi connectivity index (χ3v) is 5.09. The van der Waals surface area contributed by atoms with Crippen LogP contribution in [0.1, 0.15) is 15.9 Å². The number of hydrogen-bond acceptors (Lipinski definition) is 5. The lowest BCUT2D eigenvalue weighted by molar-refractivity contribution is 0.0600. The van der Waals surface area contributed by atoms with Crippen LogP contribution >= 0.6 is 11.8 Å². The number of nitrogens with two attached hydrogens (primary N) is 1. The van der Waals surface area contributed by atoms with Gasteiger partial charge in [-0.2, -0.15) is 5.10 Å². The molecule has 1 aromatic heterocycles. The highest BCUT2D eigenvalue weighted by Crippen LogP contribution is 2.30. The monoisotopic (exact) mass is 413 g/mol. The third-order valence-electron chi connectivity index (χ3n) is 4.06. The number of ether oxygens (including phenoxy) is 1. The van der Waals surface area contributed by atoms with Crippen molar-refractivity contribution in [2.24, 2.45) is 10.9 Å². The zero-order valence-corrected chi connectivity index (χ0v) is 16.2. The number of benzene rings is 2. The number of esters is 1. The Bertz CT molecular complexity index is 1160. The van der Waals surface area contributed by atoms with Crippen LogP contribution in [0.15, 0.2) is 82.3 Å². The molecule has 0 saturated heterocycles. The van der Waals surface area contributed by atoms with E-state index in [9.17, 15) is 13.6 Å². The molecule has 0 amide bonds. The zero-order chi connectivity index (χ0) is 21.0. The van der Waals surface area contributed by atoms with Crippen LogP contribution in [0.3, 0.4) is 0 Å². The summed E-state index contributed by atoms with van der Waals surface area (Å²) in [6.07, 6.45) is 1.69. The highest BCUT2D eigenvalue weighted by Gasteiger charge is 2.11. The van der Waals surface area contributed by atoms with Crippen LogP contribution in [0.5, 0.6) is 0 Å². The maximum atomic E-state index is 14.0. The Morgan fingerprint density at radius 3 is 2.59 bits per heavy atom. The summed E-state index contributed by atoms with van der Waals surface area (Å²) in [5.41, 5.74) is 1.93. The lowest BCUT2D eigenvalue weighted by atomic mass is 10.1. The number of rotatable bonds is 5. The van der Waals surface area contributed by atoms with Crippen molar-refractivity contribution < 1.29 is 18.3 Å². The smallest absolute Gasteiger partial charge is 0.337 e. The summed E-state index contributed by atoms with van der Waals surface area (Å²) in [5, 5.41) is 3.75. The summed E-state index contributed by atoms with van der Waals surface area (Å²) >= 11 is 1.12. The standard InChI is InChI=1S/C21H17F2N3O2S/c1-13(14-4-3-5-15(10-14)21(27)28-2)26-12-17(7-9-20(26)25-24)29-19-8-6-16(22)11-18(19)23/h3-12H,1,24H2,2H3/b25-20-. The van der Waals surface area contributed by atoms with Crippen molar-refractivity contribution in [3.8, 4) is 0 Å². The molecule has 0 radical (unpaired) electrons. The summed E-state index contributed by atoms with van der Waals surface area (Å²) in [6.45, 7) is 4.07. The maximum Gasteiger partial charge on any atom is 0.337 e. The molecular formula is C21H17F2N3O2S. The van der Waals surface area contributed by atoms with E-state index in [2.05, 4.69) is 11.7 Å². The van der Waals surface area contributed by atoms with E-state index in [0.29, 0.717) is 27.2 Å². The van der Waals surface area contributed by atoms with E-state index in [1.54, 1.807) is 47.2 Å². The summed E-state index contributed by atoms with van der Waals surface area (Å²) in [4.78, 5) is 12.7. The summed E-state index contributed by atoms with van der Waals surface area (Å²) < 4.78 is 33.5. The molecule has 3 rings (SSSR count). The number of hydrogen-bond donors (Lipinski definition) is 1. The van der Waals surface area contributed by atoms with Gasteiger partial charge in [0.25, 0.3) is 0 Å². The fourth-order valence-corrected chi connectivity index (χ4v) is 3.46. The Labute approximate surface area is 170 Å². The van der Waals surface area contributed by atoms with Crippen molar-refractivity contribution in [1.82, 2.24) is 4.57 Å². The van der Waals surface area contributed by atoms with E-state index >= 15 is 0 Å². The van der Waals surface area contributed by atoms with E-state index in [-0.39, 0.29) is 4.90 Å². The molecule has 5 nitrogen and oxygen atoms in total. The molecule has 0 fully saturated rings. The minimum absolute atomic E-state index is 0.272. The Balaban J connectivity index is 1.99. The first-order chi connectivity index (χ1) is 13.9. The number of aromatic nitrogens is 1. The van der Waals surface area contributed by atoms with Crippen LogP contribution in [0.4, 0.5) is 8.78 Å². The van der Waals surface area contributed by atoms with Crippen LogP contribution in [-0.2, 0) is 4.74 Å². The minimum atomic E-state index is -0.654. The highest BCUT2D eigenvalue weighted by molar-refractivity contribution is 7.99. The molecule has 0 unspecified atom stereocenters. The summed E-state index contributed by atoms with van der Waals surface area (Å²) in [5.74, 6) is 3.73. The van der Waals surface area contributed by atoms with Crippen molar-refractivity contribution >= 4 is 23.4 Å². The largest absolute Gasteiger partial charge is 0.465 e. The Morgan fingerprint density at radius 1 is 1.14 bits per heavy atom. The molecule has 29 heavy (non-hydrogen) atoms. The molecule has 0 spiro atoms. The van der Waals surface area contributed by atoms with E-state index in [1.165, 1.54) is 19.2 Å². The fraction of sp³-hybridized carbons (Fsp3) is 0.0476. The summed E-state index contributed by atoms with van der Waals surface area (Å²) in [6, 6.07) is 13.5. The molecule has 0 bridgehead atoms. The number of carbonyl (C=O) groups is 1. The Hall–Kier alpha value is -3.39. The number of pyridine rings is 1. The van der Waals surface area contributed by atoms with E-state index in [1.807, 2.05) is 0 Å². The van der Waals surface area contributed by atoms with Gasteiger partial charge in [-0.15, -0.1) is 0 Å². The molecule has 148 valence electrons. The normalized spacial score (nSPS) is 11.3. The molecule has 0 saturated carbocycles. The number of methoxy groups -OCH3 is 1. The molecule has 0 aliphatic rings. The van der Waals surface area contributed by atoms with Gasteiger partial charge in [-0.1, -0.05) is 30.5 Å². The van der Waals surface area contributed by atoms with Gasteiger partial charge in [-0.05, 0) is 42.0 Å². The van der Waals surface area contributed by atoms with E-state index in [0.717, 1.165) is 17.8 Å². The number of carbonyl (C=O) groups excluding carboxylic acids is 1. The molecule has 0 atom stereocenters. The van der Waals surface area contributed by atoms with Crippen LogP contribution in [0, 0.1) is 11.6 Å². The van der Waals surface area contributed by atoms with Gasteiger partial charge in [0.1, 0.15) is 11.6 Å². The maximum absolute atomic E-state index is 14.0. The second-order valence-corrected chi connectivity index (χ2v) is 7.03. The van der Waals surface area contributed by atoms with Gasteiger partial charge in [0.2, 0.25) is 0 Å². The average molecular weight is 413 g/mol. The van der Waals surface area contributed by atoms with Gasteiger partial charge in [-0.3, -0.25) is 4.57 Å². The minimum Gasteiger partial charge on any atom is -0.465 e. The molecular weight excluding hydrogens is 396 g/mol. The van der Waals surface area contributed by atoms with Crippen LogP contribution < -0.4 is 11.3 Å². The number of halogens is 2. The highest BCUT2D eigenvalue weighted by atomic mass is 32.2. The first kappa shape index (κ1) is 20.3. The van der Waals surface area contributed by atoms with Gasteiger partial charge in [0.15, 0.2) is 5.49 Å². The third kappa shape index (κ3) is 4.55. The van der Waals surface area contributed by atoms with Crippen molar-refractivity contribution in [2.45, 2.75) is 9.79 Å². The lowest BCUT2D eigenvalue weighted by Crippen LogP contribution is -2.21. The van der Waals surface area contributed by atoms with E-state index in [4.69, 9.17) is 10.6 Å². The van der Waals surface area contributed by atoms with Gasteiger partial charge in [0.05, 0.1) is 12.7 Å². The predicted molar refractivity (Wildman–Crippen MR) is 107 cm³/mol. The molecule has 8 heteroatoms. The topological polar surface area (TPSA) is 69.6 Å². The van der Waals surface area contributed by atoms with Crippen LogP contribution in [0.25, 0.3) is 5.70 Å². The first-order valence-corrected chi connectivity index (χ1v) is 9.22. The van der Waals surface area contributed by atoms with Crippen molar-refractivity contribution in [1.29, 1.82) is 0 Å². The number of nitrogens with zero attached hydrogens (tertiary/aromatic N) is 2. The molecule has 3 aromatic rings. The van der Waals surface area contributed by atoms with Gasteiger partial charge in [-0.25, -0.2) is 13.6 Å². The van der Waals surface area contributed by atoms with Crippen molar-refractivity contribution in [3.63, 3.8) is 0 Å². The van der Waals surface area contributed by atoms with Crippen molar-refractivity contribution in [2.75, 3.05) is 7.11 Å². The Morgan fingerprint density at radius 2 is 1.90 bits per heavy atom. The fourth-order valence-electron chi connectivity index (χ4n) is 2.62. The van der Waals surface area contributed by atoms with Gasteiger partial charge < -0.3 is 10.6 Å². The van der Waals surface area contributed by atoms with Crippen LogP contribution in [0.2, 0.25) is 0 Å². The van der Waals surface area contributed by atoms with Gasteiger partial charge in [0, 0.05) is 27.8 Å².